The Balaban J connectivity index is 1.25. The van der Waals surface area contributed by atoms with Gasteiger partial charge in [-0.3, -0.25) is 9.69 Å². The Morgan fingerprint density at radius 2 is 1.79 bits per heavy atom. The van der Waals surface area contributed by atoms with Crippen molar-refractivity contribution in [2.45, 2.75) is 43.5 Å². The van der Waals surface area contributed by atoms with Gasteiger partial charge >= 0.3 is 0 Å². The van der Waals surface area contributed by atoms with Gasteiger partial charge in [-0.25, -0.2) is 23.1 Å². The number of carbonyl (C=O) groups is 1. The minimum atomic E-state index is -3.65. The summed E-state index contributed by atoms with van der Waals surface area (Å²) in [7, 11) is 0.405. The first-order valence-corrected chi connectivity index (χ1v) is 14.8. The van der Waals surface area contributed by atoms with Crippen molar-refractivity contribution >= 4 is 27.3 Å². The molecule has 2 N–H and O–H groups in total. The van der Waals surface area contributed by atoms with Crippen LogP contribution in [0.5, 0.6) is 0 Å². The molecular weight excluding hydrogens is 512 g/mol. The first-order valence-electron chi connectivity index (χ1n) is 13.3. The second kappa shape index (κ2) is 11.0. The number of rotatable bonds is 8. The molecule has 0 spiro atoms. The van der Waals surface area contributed by atoms with E-state index in [0.717, 1.165) is 54.4 Å². The fourth-order valence-electron chi connectivity index (χ4n) is 5.75. The molecule has 206 valence electrons. The van der Waals surface area contributed by atoms with Gasteiger partial charge in [-0.05, 0) is 74.7 Å². The van der Waals surface area contributed by atoms with Gasteiger partial charge in [-0.1, -0.05) is 12.1 Å². The number of carbonyl (C=O) groups excluding carboxylic acids is 1. The molecule has 39 heavy (non-hydrogen) atoms. The van der Waals surface area contributed by atoms with E-state index in [4.69, 9.17) is 9.97 Å². The van der Waals surface area contributed by atoms with Crippen molar-refractivity contribution in [1.82, 2.24) is 19.6 Å². The Labute approximate surface area is 230 Å². The molecule has 2 bridgehead atoms. The molecule has 3 aliphatic heterocycles. The molecule has 3 fully saturated rings. The molecule has 4 unspecified atom stereocenters. The summed E-state index contributed by atoms with van der Waals surface area (Å²) in [4.78, 5) is 25.4. The first-order chi connectivity index (χ1) is 18.6. The van der Waals surface area contributed by atoms with Crippen LogP contribution in [0.15, 0.2) is 59.5 Å². The summed E-state index contributed by atoms with van der Waals surface area (Å²) in [5.41, 5.74) is 4.80. The summed E-state index contributed by atoms with van der Waals surface area (Å²) >= 11 is 0. The van der Waals surface area contributed by atoms with E-state index >= 15 is 0 Å². The number of aromatic nitrogens is 2. The number of piperidine rings is 3. The van der Waals surface area contributed by atoms with Crippen molar-refractivity contribution in [3.8, 4) is 11.3 Å². The molecule has 0 radical (unpaired) electrons. The summed E-state index contributed by atoms with van der Waals surface area (Å²) in [5.74, 6) is 1.31. The molecule has 4 heterocycles. The molecule has 1 aromatic heterocycles. The van der Waals surface area contributed by atoms with Crippen LogP contribution in [0.2, 0.25) is 0 Å². The first kappa shape index (κ1) is 27.2. The average Bonchev–Trinajstić information content (AvgIpc) is 2.92. The summed E-state index contributed by atoms with van der Waals surface area (Å²) in [6, 6.07) is 16.9. The number of sulfonamides is 1. The molecule has 9 nitrogen and oxygen atoms in total. The molecule has 0 saturated carbocycles. The fourth-order valence-corrected chi connectivity index (χ4v) is 6.83. The molecule has 2 aromatic carbocycles. The Bertz CT molecular complexity index is 1440. The molecule has 3 aliphatic rings. The van der Waals surface area contributed by atoms with Gasteiger partial charge in [-0.15, -0.1) is 0 Å². The summed E-state index contributed by atoms with van der Waals surface area (Å²) < 4.78 is 28.7. The lowest BCUT2D eigenvalue weighted by molar-refractivity contribution is -0.114. The van der Waals surface area contributed by atoms with Gasteiger partial charge in [0.1, 0.15) is 5.82 Å². The zero-order chi connectivity index (χ0) is 27.7. The van der Waals surface area contributed by atoms with E-state index < -0.39 is 10.0 Å². The average molecular weight is 549 g/mol. The number of nitrogens with one attached hydrogen (secondary N) is 2. The monoisotopic (exact) mass is 548 g/mol. The predicted octanol–water partition coefficient (Wildman–Crippen LogP) is 3.63. The highest BCUT2D eigenvalue weighted by molar-refractivity contribution is 7.89. The highest BCUT2D eigenvalue weighted by Crippen LogP contribution is 2.41. The van der Waals surface area contributed by atoms with Crippen molar-refractivity contribution in [3.63, 3.8) is 0 Å². The van der Waals surface area contributed by atoms with Crippen molar-refractivity contribution in [1.29, 1.82) is 0 Å². The van der Waals surface area contributed by atoms with E-state index in [1.165, 1.54) is 19.1 Å². The van der Waals surface area contributed by atoms with E-state index in [1.54, 1.807) is 12.1 Å². The maximum Gasteiger partial charge on any atom is 0.240 e. The topological polar surface area (TPSA) is 108 Å². The normalized spacial score (nSPS) is 22.5. The number of hydrogen-bond donors (Lipinski definition) is 2. The lowest BCUT2D eigenvalue weighted by atomic mass is 9.74. The van der Waals surface area contributed by atoms with Crippen LogP contribution in [-0.4, -0.2) is 69.0 Å². The largest absolute Gasteiger partial charge is 0.378 e. The molecule has 4 atom stereocenters. The van der Waals surface area contributed by atoms with Crippen molar-refractivity contribution in [3.05, 3.63) is 66.1 Å². The van der Waals surface area contributed by atoms with Crippen molar-refractivity contribution in [2.24, 2.45) is 5.92 Å². The van der Waals surface area contributed by atoms with Crippen LogP contribution in [0.1, 0.15) is 37.2 Å². The molecule has 3 aromatic rings. The van der Waals surface area contributed by atoms with Crippen molar-refractivity contribution < 1.29 is 13.2 Å². The minimum absolute atomic E-state index is 0.148. The smallest absolute Gasteiger partial charge is 0.240 e. The van der Waals surface area contributed by atoms with Crippen LogP contribution in [0.4, 0.5) is 11.4 Å². The molecule has 1 amide bonds. The Morgan fingerprint density at radius 3 is 2.41 bits per heavy atom. The summed E-state index contributed by atoms with van der Waals surface area (Å²) in [6.07, 6.45) is 2.00. The summed E-state index contributed by atoms with van der Waals surface area (Å²) in [5, 5.41) is 2.65. The van der Waals surface area contributed by atoms with Crippen molar-refractivity contribution in [2.75, 3.05) is 43.9 Å². The molecule has 0 aliphatic carbocycles. The number of nitrogens with zero attached hydrogens (tertiary/aromatic N) is 4. The van der Waals surface area contributed by atoms with Gasteiger partial charge in [-0.2, -0.15) is 0 Å². The number of benzene rings is 2. The Kier molecular flexibility index (Phi) is 7.70. The van der Waals surface area contributed by atoms with Crippen LogP contribution in [0.25, 0.3) is 11.3 Å². The second-order valence-corrected chi connectivity index (χ2v) is 12.5. The lowest BCUT2D eigenvalue weighted by Crippen LogP contribution is -2.56. The SMILES string of the molecule is CC(=O)Nc1ccc(S(=O)(=O)NCC2CC3CCN2CC3c2cc(-c3ccc(N(C)C)cc3)nc(C)n2)cc1. The van der Waals surface area contributed by atoms with E-state index in [2.05, 4.69) is 50.2 Å². The minimum Gasteiger partial charge on any atom is -0.378 e. The third kappa shape index (κ3) is 6.13. The lowest BCUT2D eigenvalue weighted by Gasteiger charge is -2.49. The van der Waals surface area contributed by atoms with Gasteiger partial charge in [0.25, 0.3) is 0 Å². The quantitative estimate of drug-likeness (QED) is 0.443. The Morgan fingerprint density at radius 1 is 1.08 bits per heavy atom. The molecule has 6 rings (SSSR count). The van der Waals surface area contributed by atoms with Crippen LogP contribution in [0.3, 0.4) is 0 Å². The third-order valence-corrected chi connectivity index (χ3v) is 9.23. The van der Waals surface area contributed by atoms with Crippen LogP contribution in [0, 0.1) is 12.8 Å². The zero-order valence-electron chi connectivity index (χ0n) is 22.9. The van der Waals surface area contributed by atoms with E-state index in [1.807, 2.05) is 21.0 Å². The molecular formula is C29H36N6O3S. The van der Waals surface area contributed by atoms with E-state index in [9.17, 15) is 13.2 Å². The number of hydrogen-bond acceptors (Lipinski definition) is 7. The maximum atomic E-state index is 12.9. The standard InChI is InChI=1S/C29H36N6O3S/c1-19-31-28(21-5-9-24(10-6-21)34(3)4)16-29(32-19)27-18-35-14-13-22(27)15-25(35)17-30-39(37,38)26-11-7-23(8-12-26)33-20(2)36/h5-12,16,22,25,27,30H,13-15,17-18H2,1-4H3,(H,33,36). The maximum absolute atomic E-state index is 12.9. The van der Waals surface area contributed by atoms with Gasteiger partial charge in [0.2, 0.25) is 15.9 Å². The molecule has 10 heteroatoms. The van der Waals surface area contributed by atoms with Crippen LogP contribution >= 0.6 is 0 Å². The highest BCUT2D eigenvalue weighted by atomic mass is 32.2. The second-order valence-electron chi connectivity index (χ2n) is 10.8. The van der Waals surface area contributed by atoms with Crippen LogP contribution < -0.4 is 14.9 Å². The van der Waals surface area contributed by atoms with Gasteiger partial charge in [0, 0.05) is 68.7 Å². The van der Waals surface area contributed by atoms with Gasteiger partial charge in [0.15, 0.2) is 0 Å². The number of amides is 1. The highest BCUT2D eigenvalue weighted by Gasteiger charge is 2.41. The number of anilines is 2. The van der Waals surface area contributed by atoms with Gasteiger partial charge in [0.05, 0.1) is 10.6 Å². The predicted molar refractivity (Wildman–Crippen MR) is 153 cm³/mol. The summed E-state index contributed by atoms with van der Waals surface area (Å²) in [6.45, 7) is 5.55. The molecule has 3 saturated heterocycles. The number of fused-ring (bicyclic) bond motifs is 3. The number of aryl methyl sites for hydroxylation is 1. The van der Waals surface area contributed by atoms with E-state index in [-0.39, 0.29) is 16.8 Å². The van der Waals surface area contributed by atoms with Crippen LogP contribution in [-0.2, 0) is 14.8 Å². The fraction of sp³-hybridized carbons (Fsp3) is 0.414. The Hall–Kier alpha value is -3.34. The third-order valence-electron chi connectivity index (χ3n) is 7.79. The van der Waals surface area contributed by atoms with E-state index in [0.29, 0.717) is 24.1 Å². The zero-order valence-corrected chi connectivity index (χ0v) is 23.7. The van der Waals surface area contributed by atoms with Gasteiger partial charge < -0.3 is 10.2 Å².